The third-order valence-corrected chi connectivity index (χ3v) is 1.74. The Morgan fingerprint density at radius 1 is 1.42 bits per heavy atom. The van der Waals surface area contributed by atoms with E-state index < -0.39 is 0 Å². The minimum atomic E-state index is 0.357. The first-order valence-corrected chi connectivity index (χ1v) is 3.82. The van der Waals surface area contributed by atoms with Crippen LogP contribution >= 0.6 is 11.6 Å². The number of anilines is 1. The minimum Gasteiger partial charge on any atom is -0.381 e. The summed E-state index contributed by atoms with van der Waals surface area (Å²) in [6.07, 6.45) is 3.52. The van der Waals surface area contributed by atoms with Crippen LogP contribution in [0.25, 0.3) is 5.65 Å². The van der Waals surface area contributed by atoms with Crippen molar-refractivity contribution < 1.29 is 0 Å². The maximum atomic E-state index is 5.69. The second-order valence-corrected chi connectivity index (χ2v) is 2.95. The number of aryl methyl sites for hydroxylation is 1. The molecule has 2 rings (SSSR count). The van der Waals surface area contributed by atoms with Crippen molar-refractivity contribution in [2.45, 2.75) is 6.92 Å². The Labute approximate surface area is 74.0 Å². The van der Waals surface area contributed by atoms with E-state index in [1.54, 1.807) is 10.6 Å². The zero-order valence-corrected chi connectivity index (χ0v) is 7.21. The van der Waals surface area contributed by atoms with E-state index in [0.29, 0.717) is 16.6 Å². The highest BCUT2D eigenvalue weighted by Crippen LogP contribution is 2.14. The van der Waals surface area contributed by atoms with Gasteiger partial charge in [-0.3, -0.25) is 0 Å². The molecule has 62 valence electrons. The van der Waals surface area contributed by atoms with Crippen LogP contribution in [0.5, 0.6) is 0 Å². The fourth-order valence-electron chi connectivity index (χ4n) is 1.11. The number of hydrogen-bond donors (Lipinski definition) is 1. The van der Waals surface area contributed by atoms with Crippen LogP contribution < -0.4 is 5.73 Å². The molecule has 0 amide bonds. The van der Waals surface area contributed by atoms with Gasteiger partial charge in [-0.15, -0.1) is 0 Å². The molecule has 0 unspecified atom stereocenters. The number of nitrogens with zero attached hydrogens (tertiary/aromatic N) is 3. The Hall–Kier alpha value is -1.29. The second kappa shape index (κ2) is 2.35. The highest BCUT2D eigenvalue weighted by molar-refractivity contribution is 6.29. The molecule has 5 heteroatoms. The molecule has 0 saturated carbocycles. The summed E-state index contributed by atoms with van der Waals surface area (Å²) in [6, 6.07) is 0. The number of hydrogen-bond acceptors (Lipinski definition) is 3. The molecule has 0 radical (unpaired) electrons. The molecule has 2 heterocycles. The first-order chi connectivity index (χ1) is 5.66. The second-order valence-electron chi connectivity index (χ2n) is 2.56. The monoisotopic (exact) mass is 182 g/mol. The first kappa shape index (κ1) is 7.36. The molecule has 0 aromatic carbocycles. The standard InChI is InChI=1S/C7H7ClN4/c1-4-2-12-3-5(8)11-6(9)7(12)10-4/h2-3H,1H3,(H2,9,11). The molecule has 0 aliphatic heterocycles. The number of aromatic nitrogens is 3. The van der Waals surface area contributed by atoms with E-state index in [4.69, 9.17) is 17.3 Å². The van der Waals surface area contributed by atoms with Gasteiger partial charge < -0.3 is 10.1 Å². The molecule has 0 saturated heterocycles. The SMILES string of the molecule is Cc1cn2cc(Cl)nc(N)c2n1. The normalized spacial score (nSPS) is 10.8. The number of halogens is 1. The Bertz CT molecular complexity index is 434. The molecule has 0 aliphatic rings. The fraction of sp³-hybridized carbons (Fsp3) is 0.143. The molecule has 4 nitrogen and oxygen atoms in total. The number of rotatable bonds is 0. The lowest BCUT2D eigenvalue weighted by molar-refractivity contribution is 1.13. The van der Waals surface area contributed by atoms with Crippen LogP contribution in [-0.2, 0) is 0 Å². The van der Waals surface area contributed by atoms with E-state index >= 15 is 0 Å². The molecule has 2 N–H and O–H groups in total. The van der Waals surface area contributed by atoms with E-state index in [2.05, 4.69) is 9.97 Å². The molecular weight excluding hydrogens is 176 g/mol. The van der Waals surface area contributed by atoms with Crippen molar-refractivity contribution in [2.24, 2.45) is 0 Å². The molecule has 0 atom stereocenters. The fourth-order valence-corrected chi connectivity index (χ4v) is 1.31. The maximum absolute atomic E-state index is 5.69. The number of nitrogen functional groups attached to an aromatic ring is 1. The average molecular weight is 183 g/mol. The van der Waals surface area contributed by atoms with E-state index in [1.165, 1.54) is 0 Å². The topological polar surface area (TPSA) is 56.2 Å². The van der Waals surface area contributed by atoms with Gasteiger partial charge in [-0.25, -0.2) is 9.97 Å². The van der Waals surface area contributed by atoms with Crippen LogP contribution in [0.3, 0.4) is 0 Å². The van der Waals surface area contributed by atoms with Crippen molar-refractivity contribution in [3.63, 3.8) is 0 Å². The van der Waals surface area contributed by atoms with E-state index in [1.807, 2.05) is 13.1 Å². The Kier molecular flexibility index (Phi) is 1.44. The lowest BCUT2D eigenvalue weighted by Gasteiger charge is -1.96. The van der Waals surface area contributed by atoms with Gasteiger partial charge in [0.25, 0.3) is 0 Å². The average Bonchev–Trinajstić information content (AvgIpc) is 2.29. The van der Waals surface area contributed by atoms with Gasteiger partial charge >= 0.3 is 0 Å². The highest BCUT2D eigenvalue weighted by Gasteiger charge is 2.03. The molecule has 2 aromatic heterocycles. The largest absolute Gasteiger partial charge is 0.381 e. The molecule has 2 aromatic rings. The smallest absolute Gasteiger partial charge is 0.180 e. The van der Waals surface area contributed by atoms with E-state index in [9.17, 15) is 0 Å². The molecule has 0 bridgehead atoms. The Morgan fingerprint density at radius 2 is 2.17 bits per heavy atom. The van der Waals surface area contributed by atoms with Gasteiger partial charge in [0.05, 0.1) is 5.69 Å². The van der Waals surface area contributed by atoms with Crippen molar-refractivity contribution in [2.75, 3.05) is 5.73 Å². The van der Waals surface area contributed by atoms with Crippen LogP contribution in [0.4, 0.5) is 5.82 Å². The predicted octanol–water partition coefficient (Wildman–Crippen LogP) is 1.27. The third kappa shape index (κ3) is 1.00. The van der Waals surface area contributed by atoms with Gasteiger partial charge in [0.1, 0.15) is 5.15 Å². The Morgan fingerprint density at radius 3 is 2.92 bits per heavy atom. The summed E-state index contributed by atoms with van der Waals surface area (Å²) in [5.74, 6) is 0.357. The maximum Gasteiger partial charge on any atom is 0.180 e. The minimum absolute atomic E-state index is 0.357. The number of fused-ring (bicyclic) bond motifs is 1. The quantitative estimate of drug-likeness (QED) is 0.668. The van der Waals surface area contributed by atoms with Gasteiger partial charge in [-0.05, 0) is 6.92 Å². The summed E-state index contributed by atoms with van der Waals surface area (Å²) < 4.78 is 1.76. The van der Waals surface area contributed by atoms with Crippen molar-refractivity contribution in [3.8, 4) is 0 Å². The van der Waals surface area contributed by atoms with Crippen molar-refractivity contribution >= 4 is 23.1 Å². The predicted molar refractivity (Wildman–Crippen MR) is 47.1 cm³/mol. The van der Waals surface area contributed by atoms with Crippen LogP contribution in [0.15, 0.2) is 12.4 Å². The zero-order valence-electron chi connectivity index (χ0n) is 6.45. The number of imidazole rings is 1. The molecule has 0 spiro atoms. The van der Waals surface area contributed by atoms with Gasteiger partial charge in [0.15, 0.2) is 11.5 Å². The van der Waals surface area contributed by atoms with Gasteiger partial charge in [0, 0.05) is 12.4 Å². The zero-order chi connectivity index (χ0) is 8.72. The molecular formula is C7H7ClN4. The van der Waals surface area contributed by atoms with Gasteiger partial charge in [0.2, 0.25) is 0 Å². The van der Waals surface area contributed by atoms with E-state index in [0.717, 1.165) is 5.69 Å². The summed E-state index contributed by atoms with van der Waals surface area (Å²) in [5.41, 5.74) is 7.14. The summed E-state index contributed by atoms with van der Waals surface area (Å²) in [6.45, 7) is 1.89. The van der Waals surface area contributed by atoms with Crippen LogP contribution in [0.2, 0.25) is 5.15 Å². The summed E-state index contributed by atoms with van der Waals surface area (Å²) in [7, 11) is 0. The lowest BCUT2D eigenvalue weighted by atomic mass is 10.6. The summed E-state index contributed by atoms with van der Waals surface area (Å²) in [5, 5.41) is 0.373. The van der Waals surface area contributed by atoms with Crippen molar-refractivity contribution in [1.82, 2.24) is 14.4 Å². The van der Waals surface area contributed by atoms with Gasteiger partial charge in [-0.2, -0.15) is 0 Å². The van der Waals surface area contributed by atoms with Crippen LogP contribution in [0.1, 0.15) is 5.69 Å². The molecule has 0 fully saturated rings. The summed E-state index contributed by atoms with van der Waals surface area (Å²) >= 11 is 5.69. The van der Waals surface area contributed by atoms with Gasteiger partial charge in [-0.1, -0.05) is 11.6 Å². The third-order valence-electron chi connectivity index (χ3n) is 1.55. The lowest BCUT2D eigenvalue weighted by Crippen LogP contribution is -1.96. The Balaban J connectivity index is 2.88. The van der Waals surface area contributed by atoms with Crippen molar-refractivity contribution in [3.05, 3.63) is 23.2 Å². The van der Waals surface area contributed by atoms with E-state index in [-0.39, 0.29) is 0 Å². The summed E-state index contributed by atoms with van der Waals surface area (Å²) in [4.78, 5) is 8.05. The molecule has 0 aliphatic carbocycles. The highest BCUT2D eigenvalue weighted by atomic mass is 35.5. The van der Waals surface area contributed by atoms with Crippen LogP contribution in [0, 0.1) is 6.92 Å². The number of nitrogens with two attached hydrogens (primary N) is 1. The van der Waals surface area contributed by atoms with Crippen LogP contribution in [-0.4, -0.2) is 14.4 Å². The first-order valence-electron chi connectivity index (χ1n) is 3.44. The molecule has 12 heavy (non-hydrogen) atoms. The van der Waals surface area contributed by atoms with Crippen molar-refractivity contribution in [1.29, 1.82) is 0 Å².